The number of rotatable bonds is 4. The third-order valence-corrected chi connectivity index (χ3v) is 5.22. The van der Waals surface area contributed by atoms with Crippen LogP contribution in [0.15, 0.2) is 46.2 Å². The largest absolute Gasteiger partial charge is 0.295 e. The van der Waals surface area contributed by atoms with E-state index in [1.165, 1.54) is 24.3 Å². The Hall–Kier alpha value is -1.74. The molecule has 2 aromatic rings. The van der Waals surface area contributed by atoms with Crippen LogP contribution < -0.4 is 0 Å². The predicted molar refractivity (Wildman–Crippen MR) is 108 cm³/mol. The molecule has 0 bridgehead atoms. The first-order valence-corrected chi connectivity index (χ1v) is 11.6. The number of hydrogen-bond acceptors (Lipinski definition) is 4. The lowest BCUT2D eigenvalue weighted by molar-refractivity contribution is 0.480. The van der Waals surface area contributed by atoms with Gasteiger partial charge < -0.3 is 0 Å². The molecule has 0 saturated heterocycles. The van der Waals surface area contributed by atoms with E-state index in [4.69, 9.17) is 0 Å². The smallest absolute Gasteiger partial charge is 0.282 e. The van der Waals surface area contributed by atoms with E-state index in [9.17, 15) is 25.9 Å². The minimum atomic E-state index is -4.56. The molecule has 6 nitrogen and oxygen atoms in total. The van der Waals surface area contributed by atoms with Gasteiger partial charge in [-0.3, -0.25) is 9.11 Å². The fourth-order valence-electron chi connectivity index (χ4n) is 2.29. The summed E-state index contributed by atoms with van der Waals surface area (Å²) in [5, 5.41) is 0. The van der Waals surface area contributed by atoms with Gasteiger partial charge in [-0.15, -0.1) is 0 Å². The average molecular weight is 417 g/mol. The van der Waals surface area contributed by atoms with E-state index in [1.807, 2.05) is 34.6 Å². The van der Waals surface area contributed by atoms with Crippen LogP contribution in [-0.4, -0.2) is 25.9 Å². The normalized spacial score (nSPS) is 11.0. The molecule has 0 amide bonds. The number of hydrogen-bond donors (Lipinski definition) is 2. The van der Waals surface area contributed by atoms with Crippen molar-refractivity contribution in [2.45, 2.75) is 57.8 Å². The maximum absolute atomic E-state index is 11.7. The Kier molecular flexibility index (Phi) is 9.88. The summed E-state index contributed by atoms with van der Waals surface area (Å²) in [6, 6.07) is 8.57. The van der Waals surface area contributed by atoms with Crippen LogP contribution in [0.5, 0.6) is 0 Å². The van der Waals surface area contributed by atoms with Gasteiger partial charge in [0.25, 0.3) is 20.2 Å². The van der Waals surface area contributed by atoms with Crippen LogP contribution >= 0.6 is 0 Å². The van der Waals surface area contributed by atoms with Gasteiger partial charge in [0.15, 0.2) is 0 Å². The highest BCUT2D eigenvalue weighted by Gasteiger charge is 2.23. The molecule has 0 aromatic heterocycles. The molecule has 0 radical (unpaired) electrons. The van der Waals surface area contributed by atoms with Gasteiger partial charge in [0.1, 0.15) is 9.79 Å². The Morgan fingerprint density at radius 3 is 1.56 bits per heavy atom. The second-order valence-electron chi connectivity index (χ2n) is 5.13. The number of aryl methyl sites for hydroxylation is 2. The molecule has 2 aromatic carbocycles. The van der Waals surface area contributed by atoms with Crippen molar-refractivity contribution in [3.63, 3.8) is 0 Å². The van der Waals surface area contributed by atoms with Gasteiger partial charge in [0, 0.05) is 11.1 Å². The topological polar surface area (TPSA) is 109 Å². The fourth-order valence-corrected chi connectivity index (χ4v) is 3.84. The summed E-state index contributed by atoms with van der Waals surface area (Å²) in [5.74, 6) is 0. The van der Waals surface area contributed by atoms with E-state index in [0.29, 0.717) is 17.5 Å². The molecule has 2 rings (SSSR count). The second-order valence-corrected chi connectivity index (χ2v) is 7.91. The summed E-state index contributed by atoms with van der Waals surface area (Å²) >= 11 is 0. The molecule has 152 valence electrons. The summed E-state index contributed by atoms with van der Waals surface area (Å²) in [6.07, 6.45) is 0.544. The van der Waals surface area contributed by atoms with E-state index in [2.05, 4.69) is 0 Å². The lowest BCUT2D eigenvalue weighted by atomic mass is 10.0. The minimum Gasteiger partial charge on any atom is -0.282 e. The first kappa shape index (κ1) is 25.3. The molecule has 0 aliphatic rings. The van der Waals surface area contributed by atoms with E-state index < -0.39 is 30.0 Å². The van der Waals surface area contributed by atoms with Crippen molar-refractivity contribution in [1.29, 1.82) is 0 Å². The van der Waals surface area contributed by atoms with E-state index in [-0.39, 0.29) is 11.1 Å². The average Bonchev–Trinajstić information content (AvgIpc) is 2.63. The van der Waals surface area contributed by atoms with Crippen LogP contribution in [0.3, 0.4) is 0 Å². The molecule has 0 aliphatic heterocycles. The van der Waals surface area contributed by atoms with Crippen molar-refractivity contribution in [2.24, 2.45) is 0 Å². The predicted octanol–water partition coefficient (Wildman–Crippen LogP) is 4.77. The highest BCUT2D eigenvalue weighted by molar-refractivity contribution is 7.86. The summed E-state index contributed by atoms with van der Waals surface area (Å²) in [5.41, 5.74) is 1.27. The molecule has 8 heteroatoms. The molecule has 0 fully saturated rings. The van der Waals surface area contributed by atoms with Crippen molar-refractivity contribution < 1.29 is 25.9 Å². The van der Waals surface area contributed by atoms with Crippen LogP contribution in [-0.2, 0) is 26.7 Å². The Labute approximate surface area is 162 Å². The number of benzene rings is 2. The summed E-state index contributed by atoms with van der Waals surface area (Å²) in [6.45, 7) is 11.5. The van der Waals surface area contributed by atoms with Crippen molar-refractivity contribution in [3.8, 4) is 11.1 Å². The van der Waals surface area contributed by atoms with Crippen LogP contribution in [0.1, 0.15) is 45.7 Å². The first-order chi connectivity index (χ1) is 12.5. The Morgan fingerprint density at radius 1 is 0.741 bits per heavy atom. The molecule has 0 spiro atoms. The Bertz CT molecular complexity index is 962. The van der Waals surface area contributed by atoms with Gasteiger partial charge in [-0.1, -0.05) is 58.9 Å². The maximum atomic E-state index is 11.7. The maximum Gasteiger partial charge on any atom is 0.295 e. The molecule has 0 unspecified atom stereocenters. The van der Waals surface area contributed by atoms with Crippen molar-refractivity contribution in [3.05, 3.63) is 47.5 Å². The SMILES string of the molecule is CC.CC.CCc1ccc(-c2ccc(C)cc2S(=O)(=O)O)c(S(=O)(=O)O)c1. The van der Waals surface area contributed by atoms with Crippen molar-refractivity contribution in [1.82, 2.24) is 0 Å². The van der Waals surface area contributed by atoms with Gasteiger partial charge in [0.2, 0.25) is 0 Å². The summed E-state index contributed by atoms with van der Waals surface area (Å²) in [4.78, 5) is -0.808. The van der Waals surface area contributed by atoms with Gasteiger partial charge in [0.05, 0.1) is 0 Å². The van der Waals surface area contributed by atoms with Gasteiger partial charge in [-0.2, -0.15) is 16.8 Å². The highest BCUT2D eigenvalue weighted by atomic mass is 32.2. The molecule has 0 saturated carbocycles. The van der Waals surface area contributed by atoms with Gasteiger partial charge >= 0.3 is 0 Å². The molecular weight excluding hydrogens is 388 g/mol. The minimum absolute atomic E-state index is 0.00776. The summed E-state index contributed by atoms with van der Waals surface area (Å²) in [7, 11) is -9.12. The standard InChI is InChI=1S/C15H16O6S2.2C2H6/c1-3-11-5-7-13(15(9-11)23(19,20)21)12-6-4-10(2)8-14(12)22(16,17)18;2*1-2/h4-9H,3H2,1-2H3,(H,16,17,18)(H,19,20,21);2*1-2H3. The quantitative estimate of drug-likeness (QED) is 0.695. The van der Waals surface area contributed by atoms with Crippen LogP contribution in [0, 0.1) is 6.92 Å². The van der Waals surface area contributed by atoms with Gasteiger partial charge in [-0.25, -0.2) is 0 Å². The van der Waals surface area contributed by atoms with E-state index in [1.54, 1.807) is 19.1 Å². The zero-order valence-electron chi connectivity index (χ0n) is 16.5. The van der Waals surface area contributed by atoms with Crippen LogP contribution in [0.4, 0.5) is 0 Å². The highest BCUT2D eigenvalue weighted by Crippen LogP contribution is 2.33. The van der Waals surface area contributed by atoms with Crippen molar-refractivity contribution >= 4 is 20.2 Å². The molecular formula is C19H28O6S2. The molecule has 0 atom stereocenters. The first-order valence-electron chi connectivity index (χ1n) is 8.73. The van der Waals surface area contributed by atoms with E-state index in [0.717, 1.165) is 0 Å². The molecule has 0 heterocycles. The lowest BCUT2D eigenvalue weighted by Crippen LogP contribution is -2.06. The van der Waals surface area contributed by atoms with Crippen LogP contribution in [0.25, 0.3) is 11.1 Å². The van der Waals surface area contributed by atoms with Crippen molar-refractivity contribution in [2.75, 3.05) is 0 Å². The third-order valence-electron chi connectivity index (χ3n) is 3.44. The Balaban J connectivity index is 0.00000158. The molecule has 27 heavy (non-hydrogen) atoms. The fraction of sp³-hybridized carbons (Fsp3) is 0.368. The van der Waals surface area contributed by atoms with Crippen LogP contribution in [0.2, 0.25) is 0 Å². The van der Waals surface area contributed by atoms with Gasteiger partial charge in [-0.05, 0) is 36.6 Å². The zero-order valence-corrected chi connectivity index (χ0v) is 18.1. The molecule has 2 N–H and O–H groups in total. The Morgan fingerprint density at radius 2 is 1.15 bits per heavy atom. The zero-order chi connectivity index (χ0) is 21.4. The lowest BCUT2D eigenvalue weighted by Gasteiger charge is -2.13. The molecule has 0 aliphatic carbocycles. The summed E-state index contributed by atoms with van der Waals surface area (Å²) < 4.78 is 65.4. The van der Waals surface area contributed by atoms with E-state index >= 15 is 0 Å². The second kappa shape index (κ2) is 10.6. The third kappa shape index (κ3) is 6.73. The monoisotopic (exact) mass is 416 g/mol.